The van der Waals surface area contributed by atoms with Crippen LogP contribution in [-0.4, -0.2) is 23.1 Å². The Balaban J connectivity index is 1.87. The van der Waals surface area contributed by atoms with Crippen molar-refractivity contribution in [1.82, 2.24) is 10.1 Å². The van der Waals surface area contributed by atoms with E-state index in [4.69, 9.17) is 4.52 Å². The number of likely N-dealkylation sites (tertiary alicyclic amines) is 1. The highest BCUT2D eigenvalue weighted by molar-refractivity contribution is 4.93. The third-order valence-corrected chi connectivity index (χ3v) is 2.61. The minimum Gasteiger partial charge on any atom is -0.360 e. The number of nitrogens with zero attached hydrogens (tertiary/aromatic N) is 2. The highest BCUT2D eigenvalue weighted by Gasteiger charge is 2.16. The Hall–Kier alpha value is -0.830. The zero-order chi connectivity index (χ0) is 9.10. The maximum Gasteiger partial charge on any atom is 0.150 e. The summed E-state index contributed by atoms with van der Waals surface area (Å²) in [6.07, 6.45) is 4.39. The quantitative estimate of drug-likeness (QED) is 0.696. The first-order chi connectivity index (χ1) is 6.34. The molecule has 0 spiro atoms. The summed E-state index contributed by atoms with van der Waals surface area (Å²) >= 11 is 0. The molecular formula is C10H16N2O. The molecule has 1 aromatic heterocycles. The van der Waals surface area contributed by atoms with Crippen LogP contribution < -0.4 is 0 Å². The number of aromatic nitrogens is 1. The van der Waals surface area contributed by atoms with E-state index in [1.54, 1.807) is 6.20 Å². The van der Waals surface area contributed by atoms with Crippen LogP contribution in [0.3, 0.4) is 0 Å². The van der Waals surface area contributed by atoms with Gasteiger partial charge in [0.2, 0.25) is 0 Å². The fourth-order valence-electron chi connectivity index (χ4n) is 1.97. The second kappa shape index (κ2) is 3.92. The lowest BCUT2D eigenvalue weighted by atomic mass is 10.0. The molecule has 1 atom stereocenters. The van der Waals surface area contributed by atoms with Crippen LogP contribution in [0.2, 0.25) is 0 Å². The van der Waals surface area contributed by atoms with E-state index in [-0.39, 0.29) is 0 Å². The fourth-order valence-corrected chi connectivity index (χ4v) is 1.97. The van der Waals surface area contributed by atoms with Crippen molar-refractivity contribution in [2.75, 3.05) is 13.1 Å². The number of rotatable bonds is 2. The minimum atomic E-state index is 0.830. The summed E-state index contributed by atoms with van der Waals surface area (Å²) in [5, 5.41) is 3.71. The van der Waals surface area contributed by atoms with Crippen LogP contribution in [0.25, 0.3) is 0 Å². The summed E-state index contributed by atoms with van der Waals surface area (Å²) in [6, 6.07) is 1.94. The van der Waals surface area contributed by atoms with Gasteiger partial charge in [-0.1, -0.05) is 12.1 Å². The first-order valence-corrected chi connectivity index (χ1v) is 4.96. The zero-order valence-electron chi connectivity index (χ0n) is 8.07. The Morgan fingerprint density at radius 1 is 1.69 bits per heavy atom. The highest BCUT2D eigenvalue weighted by atomic mass is 16.5. The number of piperidine rings is 1. The van der Waals surface area contributed by atoms with Gasteiger partial charge in [0, 0.05) is 12.6 Å². The summed E-state index contributed by atoms with van der Waals surface area (Å²) in [5.74, 6) is 1.81. The number of hydrogen-bond donors (Lipinski definition) is 0. The van der Waals surface area contributed by atoms with Crippen LogP contribution >= 0.6 is 0 Å². The van der Waals surface area contributed by atoms with Gasteiger partial charge in [-0.25, -0.2) is 0 Å². The topological polar surface area (TPSA) is 29.3 Å². The summed E-state index contributed by atoms with van der Waals surface area (Å²) < 4.78 is 5.08. The number of hydrogen-bond acceptors (Lipinski definition) is 3. The van der Waals surface area contributed by atoms with E-state index in [1.165, 1.54) is 25.9 Å². The van der Waals surface area contributed by atoms with Crippen molar-refractivity contribution >= 4 is 0 Å². The Kier molecular flexibility index (Phi) is 2.64. The van der Waals surface area contributed by atoms with E-state index in [9.17, 15) is 0 Å². The standard InChI is InChI=1S/C10H16N2O/c1-9-3-2-6-12(7-9)8-10-4-5-11-13-10/h4-5,9H,2-3,6-8H2,1H3/t9-/m0/s1. The maximum absolute atomic E-state index is 5.08. The lowest BCUT2D eigenvalue weighted by Crippen LogP contribution is -2.33. The van der Waals surface area contributed by atoms with Crippen LogP contribution in [0.1, 0.15) is 25.5 Å². The molecule has 1 aliphatic heterocycles. The van der Waals surface area contributed by atoms with Crippen molar-refractivity contribution in [2.24, 2.45) is 5.92 Å². The van der Waals surface area contributed by atoms with E-state index < -0.39 is 0 Å². The van der Waals surface area contributed by atoms with Gasteiger partial charge < -0.3 is 4.52 Å². The van der Waals surface area contributed by atoms with Gasteiger partial charge in [-0.3, -0.25) is 4.90 Å². The Morgan fingerprint density at radius 3 is 3.31 bits per heavy atom. The van der Waals surface area contributed by atoms with Gasteiger partial charge in [-0.15, -0.1) is 0 Å². The van der Waals surface area contributed by atoms with Gasteiger partial charge >= 0.3 is 0 Å². The van der Waals surface area contributed by atoms with Gasteiger partial charge in [-0.05, 0) is 25.3 Å². The first-order valence-electron chi connectivity index (χ1n) is 4.96. The summed E-state index contributed by atoms with van der Waals surface area (Å²) in [5.41, 5.74) is 0. The largest absolute Gasteiger partial charge is 0.360 e. The molecule has 0 aromatic carbocycles. The molecule has 13 heavy (non-hydrogen) atoms. The molecule has 0 amide bonds. The van der Waals surface area contributed by atoms with Crippen molar-refractivity contribution in [3.05, 3.63) is 18.0 Å². The summed E-state index contributed by atoms with van der Waals surface area (Å²) in [7, 11) is 0. The van der Waals surface area contributed by atoms with Crippen molar-refractivity contribution in [2.45, 2.75) is 26.3 Å². The normalized spacial score (nSPS) is 24.8. The van der Waals surface area contributed by atoms with Gasteiger partial charge in [0.15, 0.2) is 5.76 Å². The monoisotopic (exact) mass is 180 g/mol. The molecule has 0 aliphatic carbocycles. The van der Waals surface area contributed by atoms with E-state index >= 15 is 0 Å². The fraction of sp³-hybridized carbons (Fsp3) is 0.700. The molecule has 1 saturated heterocycles. The predicted octanol–water partition coefficient (Wildman–Crippen LogP) is 1.91. The van der Waals surface area contributed by atoms with Gasteiger partial charge in [0.25, 0.3) is 0 Å². The molecule has 0 radical (unpaired) electrons. The Bertz CT molecular complexity index is 245. The third-order valence-electron chi connectivity index (χ3n) is 2.61. The van der Waals surface area contributed by atoms with E-state index in [0.29, 0.717) is 0 Å². The maximum atomic E-state index is 5.08. The van der Waals surface area contributed by atoms with E-state index in [0.717, 1.165) is 18.2 Å². The molecular weight excluding hydrogens is 164 g/mol. The van der Waals surface area contributed by atoms with Crippen LogP contribution in [0.15, 0.2) is 16.8 Å². The van der Waals surface area contributed by atoms with Crippen LogP contribution in [0, 0.1) is 5.92 Å². The second-order valence-electron chi connectivity index (χ2n) is 3.96. The average molecular weight is 180 g/mol. The van der Waals surface area contributed by atoms with Crippen molar-refractivity contribution in [3.63, 3.8) is 0 Å². The molecule has 0 bridgehead atoms. The van der Waals surface area contributed by atoms with Crippen molar-refractivity contribution in [3.8, 4) is 0 Å². The first kappa shape index (κ1) is 8.75. The summed E-state index contributed by atoms with van der Waals surface area (Å²) in [6.45, 7) is 5.63. The molecule has 1 aliphatic rings. The van der Waals surface area contributed by atoms with Crippen molar-refractivity contribution < 1.29 is 4.52 Å². The molecule has 3 nitrogen and oxygen atoms in total. The highest BCUT2D eigenvalue weighted by Crippen LogP contribution is 2.17. The molecule has 0 saturated carbocycles. The molecule has 1 fully saturated rings. The molecule has 0 N–H and O–H groups in total. The van der Waals surface area contributed by atoms with Gasteiger partial charge in [0.1, 0.15) is 0 Å². The Labute approximate surface area is 78.7 Å². The van der Waals surface area contributed by atoms with Crippen molar-refractivity contribution in [1.29, 1.82) is 0 Å². The van der Waals surface area contributed by atoms with E-state index in [2.05, 4.69) is 17.0 Å². The molecule has 3 heteroatoms. The SMILES string of the molecule is C[C@H]1CCCN(Cc2ccno2)C1. The predicted molar refractivity (Wildman–Crippen MR) is 50.2 cm³/mol. The Morgan fingerprint density at radius 2 is 2.62 bits per heavy atom. The lowest BCUT2D eigenvalue weighted by Gasteiger charge is -2.29. The zero-order valence-corrected chi connectivity index (χ0v) is 8.07. The average Bonchev–Trinajstić information content (AvgIpc) is 2.57. The van der Waals surface area contributed by atoms with Gasteiger partial charge in [-0.2, -0.15) is 0 Å². The molecule has 1 aromatic rings. The molecule has 0 unspecified atom stereocenters. The minimum absolute atomic E-state index is 0.830. The third kappa shape index (κ3) is 2.31. The smallest absolute Gasteiger partial charge is 0.150 e. The molecule has 2 rings (SSSR count). The van der Waals surface area contributed by atoms with Crippen LogP contribution in [0.4, 0.5) is 0 Å². The summed E-state index contributed by atoms with van der Waals surface area (Å²) in [4.78, 5) is 2.44. The van der Waals surface area contributed by atoms with Gasteiger partial charge in [0.05, 0.1) is 12.7 Å². The van der Waals surface area contributed by atoms with Crippen LogP contribution in [0.5, 0.6) is 0 Å². The van der Waals surface area contributed by atoms with Crippen LogP contribution in [-0.2, 0) is 6.54 Å². The second-order valence-corrected chi connectivity index (χ2v) is 3.96. The lowest BCUT2D eigenvalue weighted by molar-refractivity contribution is 0.160. The van der Waals surface area contributed by atoms with E-state index in [1.807, 2.05) is 6.07 Å². The molecule has 72 valence electrons. The molecule has 2 heterocycles.